The number of nitrogens with zero attached hydrogens (tertiary/aromatic N) is 1. The van der Waals surface area contributed by atoms with E-state index in [1.165, 1.54) is 0 Å². The van der Waals surface area contributed by atoms with Crippen LogP contribution in [0.4, 0.5) is 8.78 Å². The van der Waals surface area contributed by atoms with Gasteiger partial charge in [-0.25, -0.2) is 8.78 Å². The smallest absolute Gasteiger partial charge is 0.220 e. The fourth-order valence-electron chi connectivity index (χ4n) is 2.29. The summed E-state index contributed by atoms with van der Waals surface area (Å²) >= 11 is 0. The van der Waals surface area contributed by atoms with E-state index in [1.54, 1.807) is 6.92 Å². The SMILES string of the molecule is CN(C)CC(C)(O)CNC(=O)CCCc1cc(F)ccc1F. The number of aliphatic hydroxyl groups is 1. The van der Waals surface area contributed by atoms with E-state index < -0.39 is 17.2 Å². The standard InChI is InChI=1S/C16H24F2N2O2/c1-16(22,11-20(2)3)10-19-15(21)6-4-5-12-9-13(17)7-8-14(12)18/h7-9,22H,4-6,10-11H2,1-3H3,(H,19,21). The third-order valence-corrected chi connectivity index (χ3v) is 3.18. The number of carbonyl (C=O) groups is 1. The molecule has 1 atom stereocenters. The molecule has 6 heteroatoms. The fraction of sp³-hybridized carbons (Fsp3) is 0.562. The number of carbonyl (C=O) groups excluding carboxylic acids is 1. The van der Waals surface area contributed by atoms with Gasteiger partial charge in [0.25, 0.3) is 0 Å². The van der Waals surface area contributed by atoms with Gasteiger partial charge < -0.3 is 15.3 Å². The molecule has 0 radical (unpaired) electrons. The highest BCUT2D eigenvalue weighted by atomic mass is 19.1. The van der Waals surface area contributed by atoms with Crippen LogP contribution in [-0.4, -0.2) is 48.7 Å². The van der Waals surface area contributed by atoms with Crippen LogP contribution < -0.4 is 5.32 Å². The third-order valence-electron chi connectivity index (χ3n) is 3.18. The Hall–Kier alpha value is -1.53. The number of halogens is 2. The number of nitrogens with one attached hydrogen (secondary N) is 1. The summed E-state index contributed by atoms with van der Waals surface area (Å²) in [5.74, 6) is -1.16. The topological polar surface area (TPSA) is 52.6 Å². The molecular weight excluding hydrogens is 290 g/mol. The molecule has 0 saturated heterocycles. The predicted molar refractivity (Wildman–Crippen MR) is 81.5 cm³/mol. The van der Waals surface area contributed by atoms with Crippen molar-refractivity contribution in [3.05, 3.63) is 35.4 Å². The maximum absolute atomic E-state index is 13.4. The number of likely N-dealkylation sites (N-methyl/N-ethyl adjacent to an activating group) is 1. The molecule has 0 heterocycles. The summed E-state index contributed by atoms with van der Waals surface area (Å²) < 4.78 is 26.4. The van der Waals surface area contributed by atoms with Crippen LogP contribution in [-0.2, 0) is 11.2 Å². The van der Waals surface area contributed by atoms with Crippen LogP contribution in [0.3, 0.4) is 0 Å². The van der Waals surface area contributed by atoms with Crippen LogP contribution in [0.1, 0.15) is 25.3 Å². The Labute approximate surface area is 130 Å². The summed E-state index contributed by atoms with van der Waals surface area (Å²) in [6.07, 6.45) is 0.918. The number of amides is 1. The summed E-state index contributed by atoms with van der Waals surface area (Å²) in [6, 6.07) is 3.30. The van der Waals surface area contributed by atoms with E-state index in [9.17, 15) is 18.7 Å². The summed E-state index contributed by atoms with van der Waals surface area (Å²) in [5, 5.41) is 12.7. The van der Waals surface area contributed by atoms with Gasteiger partial charge in [-0.15, -0.1) is 0 Å². The van der Waals surface area contributed by atoms with Crippen molar-refractivity contribution in [1.82, 2.24) is 10.2 Å². The van der Waals surface area contributed by atoms with Crippen LogP contribution >= 0.6 is 0 Å². The Balaban J connectivity index is 2.33. The molecule has 0 aromatic heterocycles. The van der Waals surface area contributed by atoms with Gasteiger partial charge in [-0.05, 0) is 57.6 Å². The Bertz CT molecular complexity index is 505. The molecule has 1 amide bonds. The van der Waals surface area contributed by atoms with E-state index >= 15 is 0 Å². The molecule has 0 aliphatic rings. The van der Waals surface area contributed by atoms with Gasteiger partial charge in [-0.3, -0.25) is 4.79 Å². The van der Waals surface area contributed by atoms with E-state index in [-0.39, 0.29) is 24.4 Å². The minimum absolute atomic E-state index is 0.151. The van der Waals surface area contributed by atoms with Crippen LogP contribution in [0.15, 0.2) is 18.2 Å². The molecule has 0 saturated carbocycles. The van der Waals surface area contributed by atoms with Gasteiger partial charge in [0.15, 0.2) is 0 Å². The quantitative estimate of drug-likeness (QED) is 0.768. The lowest BCUT2D eigenvalue weighted by Crippen LogP contribution is -2.47. The van der Waals surface area contributed by atoms with Gasteiger partial charge in [-0.2, -0.15) is 0 Å². The molecule has 1 aromatic rings. The van der Waals surface area contributed by atoms with Crippen LogP contribution in [0.25, 0.3) is 0 Å². The van der Waals surface area contributed by atoms with Crippen molar-refractivity contribution >= 4 is 5.91 Å². The highest BCUT2D eigenvalue weighted by Gasteiger charge is 2.21. The fourth-order valence-corrected chi connectivity index (χ4v) is 2.29. The second kappa shape index (κ2) is 8.19. The minimum atomic E-state index is -1.01. The van der Waals surface area contributed by atoms with Crippen molar-refractivity contribution in [1.29, 1.82) is 0 Å². The Kier molecular flexibility index (Phi) is 6.90. The lowest BCUT2D eigenvalue weighted by molar-refractivity contribution is -0.122. The maximum Gasteiger partial charge on any atom is 0.220 e. The first-order valence-corrected chi connectivity index (χ1v) is 7.27. The second-order valence-electron chi connectivity index (χ2n) is 6.10. The normalized spacial score (nSPS) is 14.0. The number of hydrogen-bond donors (Lipinski definition) is 2. The molecule has 0 aliphatic carbocycles. The molecule has 0 bridgehead atoms. The first kappa shape index (κ1) is 18.5. The summed E-state index contributed by atoms with van der Waals surface area (Å²) in [6.45, 7) is 2.23. The van der Waals surface area contributed by atoms with Gasteiger partial charge in [-0.1, -0.05) is 0 Å². The average molecular weight is 314 g/mol. The molecular formula is C16H24F2N2O2. The van der Waals surface area contributed by atoms with Gasteiger partial charge in [0.05, 0.1) is 5.60 Å². The second-order valence-corrected chi connectivity index (χ2v) is 6.10. The molecule has 124 valence electrons. The van der Waals surface area contributed by atoms with Crippen molar-refractivity contribution in [3.63, 3.8) is 0 Å². The van der Waals surface area contributed by atoms with Gasteiger partial charge in [0.2, 0.25) is 5.91 Å². The summed E-state index contributed by atoms with van der Waals surface area (Å²) in [7, 11) is 3.67. The monoisotopic (exact) mass is 314 g/mol. The summed E-state index contributed by atoms with van der Waals surface area (Å²) in [5.41, 5.74) is -0.735. The Morgan fingerprint density at radius 2 is 2.05 bits per heavy atom. The van der Waals surface area contributed by atoms with Crippen molar-refractivity contribution < 1.29 is 18.7 Å². The number of benzene rings is 1. The van der Waals surface area contributed by atoms with Crippen LogP contribution in [0, 0.1) is 11.6 Å². The van der Waals surface area contributed by atoms with Gasteiger partial charge >= 0.3 is 0 Å². The lowest BCUT2D eigenvalue weighted by Gasteiger charge is -2.27. The number of rotatable bonds is 8. The zero-order valence-corrected chi connectivity index (χ0v) is 13.3. The summed E-state index contributed by atoms with van der Waals surface area (Å²) in [4.78, 5) is 13.5. The Morgan fingerprint density at radius 3 is 2.68 bits per heavy atom. The zero-order chi connectivity index (χ0) is 16.8. The highest BCUT2D eigenvalue weighted by molar-refractivity contribution is 5.75. The van der Waals surface area contributed by atoms with E-state index in [0.717, 1.165) is 18.2 Å². The first-order valence-electron chi connectivity index (χ1n) is 7.27. The van der Waals surface area contributed by atoms with Gasteiger partial charge in [0.1, 0.15) is 11.6 Å². The molecule has 2 N–H and O–H groups in total. The molecule has 0 fully saturated rings. The van der Waals surface area contributed by atoms with Gasteiger partial charge in [0, 0.05) is 19.5 Å². The Morgan fingerprint density at radius 1 is 1.36 bits per heavy atom. The van der Waals surface area contributed by atoms with Crippen molar-refractivity contribution in [2.45, 2.75) is 31.8 Å². The minimum Gasteiger partial charge on any atom is -0.387 e. The third kappa shape index (κ3) is 6.95. The lowest BCUT2D eigenvalue weighted by atomic mass is 10.1. The molecule has 0 aliphatic heterocycles. The highest BCUT2D eigenvalue weighted by Crippen LogP contribution is 2.12. The van der Waals surface area contributed by atoms with E-state index in [4.69, 9.17) is 0 Å². The molecule has 0 spiro atoms. The molecule has 1 rings (SSSR count). The molecule has 1 unspecified atom stereocenters. The van der Waals surface area contributed by atoms with E-state index in [1.807, 2.05) is 19.0 Å². The average Bonchev–Trinajstić information content (AvgIpc) is 2.39. The van der Waals surface area contributed by atoms with E-state index in [2.05, 4.69) is 5.32 Å². The van der Waals surface area contributed by atoms with Crippen LogP contribution in [0.2, 0.25) is 0 Å². The molecule has 1 aromatic carbocycles. The first-order chi connectivity index (χ1) is 10.2. The van der Waals surface area contributed by atoms with Crippen molar-refractivity contribution in [2.24, 2.45) is 0 Å². The van der Waals surface area contributed by atoms with Crippen molar-refractivity contribution in [3.8, 4) is 0 Å². The van der Waals surface area contributed by atoms with Crippen molar-refractivity contribution in [2.75, 3.05) is 27.2 Å². The van der Waals surface area contributed by atoms with Crippen LogP contribution in [0.5, 0.6) is 0 Å². The van der Waals surface area contributed by atoms with E-state index in [0.29, 0.717) is 19.4 Å². The molecule has 22 heavy (non-hydrogen) atoms. The zero-order valence-electron chi connectivity index (χ0n) is 13.3. The number of hydrogen-bond acceptors (Lipinski definition) is 3. The maximum atomic E-state index is 13.4. The number of aryl methyl sites for hydroxylation is 1. The largest absolute Gasteiger partial charge is 0.387 e. The predicted octanol–water partition coefficient (Wildman–Crippen LogP) is 1.72. The molecule has 4 nitrogen and oxygen atoms in total.